The Morgan fingerprint density at radius 3 is 2.32 bits per heavy atom. The van der Waals surface area contributed by atoms with Gasteiger partial charge >= 0.3 is 12.1 Å². The van der Waals surface area contributed by atoms with Crippen LogP contribution < -0.4 is 5.32 Å². The molecule has 104 valence electrons. The van der Waals surface area contributed by atoms with Gasteiger partial charge in [0.05, 0.1) is 18.8 Å². The van der Waals surface area contributed by atoms with Crippen molar-refractivity contribution in [3.05, 3.63) is 29.8 Å². The summed E-state index contributed by atoms with van der Waals surface area (Å²) >= 11 is 0. The van der Waals surface area contributed by atoms with Crippen molar-refractivity contribution in [2.45, 2.75) is 20.8 Å². The van der Waals surface area contributed by atoms with Gasteiger partial charge in [0.2, 0.25) is 0 Å². The SMILES string of the molecule is CCOC(=O)c1ccc(NC(=O)OCC(C)C)cc1. The van der Waals surface area contributed by atoms with Crippen LogP contribution in [0, 0.1) is 5.92 Å². The van der Waals surface area contributed by atoms with Crippen molar-refractivity contribution in [2.24, 2.45) is 5.92 Å². The molecule has 0 fully saturated rings. The minimum Gasteiger partial charge on any atom is -0.462 e. The van der Waals surface area contributed by atoms with Crippen molar-refractivity contribution in [3.63, 3.8) is 0 Å². The van der Waals surface area contributed by atoms with Gasteiger partial charge in [0.25, 0.3) is 0 Å². The highest BCUT2D eigenvalue weighted by molar-refractivity contribution is 5.91. The van der Waals surface area contributed by atoms with Crippen molar-refractivity contribution in [1.29, 1.82) is 0 Å². The highest BCUT2D eigenvalue weighted by Gasteiger charge is 2.08. The Morgan fingerprint density at radius 2 is 1.79 bits per heavy atom. The van der Waals surface area contributed by atoms with Crippen LogP contribution >= 0.6 is 0 Å². The first-order valence-electron chi connectivity index (χ1n) is 6.24. The Kier molecular flexibility index (Phi) is 5.85. The molecular formula is C14H19NO4. The Labute approximate surface area is 112 Å². The quantitative estimate of drug-likeness (QED) is 0.831. The van der Waals surface area contributed by atoms with Gasteiger partial charge < -0.3 is 9.47 Å². The van der Waals surface area contributed by atoms with Crippen LogP contribution in [-0.4, -0.2) is 25.3 Å². The zero-order chi connectivity index (χ0) is 14.3. The number of nitrogens with one attached hydrogen (secondary N) is 1. The van der Waals surface area contributed by atoms with Crippen LogP contribution in [0.25, 0.3) is 0 Å². The van der Waals surface area contributed by atoms with E-state index in [1.54, 1.807) is 31.2 Å². The highest BCUT2D eigenvalue weighted by Crippen LogP contribution is 2.11. The first kappa shape index (κ1) is 15.0. The predicted octanol–water partition coefficient (Wildman–Crippen LogP) is 3.07. The summed E-state index contributed by atoms with van der Waals surface area (Å²) in [5.41, 5.74) is 1.02. The Morgan fingerprint density at radius 1 is 1.16 bits per heavy atom. The summed E-state index contributed by atoms with van der Waals surface area (Å²) in [6, 6.07) is 6.44. The number of hydrogen-bond acceptors (Lipinski definition) is 4. The van der Waals surface area contributed by atoms with Crippen LogP contribution in [0.5, 0.6) is 0 Å². The molecular weight excluding hydrogens is 246 g/mol. The van der Waals surface area contributed by atoms with E-state index in [9.17, 15) is 9.59 Å². The summed E-state index contributed by atoms with van der Waals surface area (Å²) in [6.45, 7) is 6.37. The fraction of sp³-hybridized carbons (Fsp3) is 0.429. The summed E-state index contributed by atoms with van der Waals surface area (Å²) < 4.78 is 9.84. The van der Waals surface area contributed by atoms with Gasteiger partial charge in [-0.15, -0.1) is 0 Å². The lowest BCUT2D eigenvalue weighted by Crippen LogP contribution is -2.16. The molecule has 0 spiro atoms. The zero-order valence-corrected chi connectivity index (χ0v) is 11.4. The van der Waals surface area contributed by atoms with Gasteiger partial charge in [0.15, 0.2) is 0 Å². The van der Waals surface area contributed by atoms with Crippen LogP contribution in [0.4, 0.5) is 10.5 Å². The maximum Gasteiger partial charge on any atom is 0.411 e. The fourth-order valence-electron chi connectivity index (χ4n) is 1.30. The molecule has 0 aliphatic carbocycles. The number of rotatable bonds is 5. The topological polar surface area (TPSA) is 64.6 Å². The molecule has 5 nitrogen and oxygen atoms in total. The van der Waals surface area contributed by atoms with Crippen LogP contribution in [-0.2, 0) is 9.47 Å². The second kappa shape index (κ2) is 7.41. The van der Waals surface area contributed by atoms with E-state index in [4.69, 9.17) is 9.47 Å². The van der Waals surface area contributed by atoms with Crippen molar-refractivity contribution < 1.29 is 19.1 Å². The number of hydrogen-bond donors (Lipinski definition) is 1. The fourth-order valence-corrected chi connectivity index (χ4v) is 1.30. The molecule has 0 atom stereocenters. The van der Waals surface area contributed by atoms with E-state index in [1.165, 1.54) is 0 Å². The van der Waals surface area contributed by atoms with Gasteiger partial charge in [-0.2, -0.15) is 0 Å². The highest BCUT2D eigenvalue weighted by atomic mass is 16.5. The molecule has 0 saturated carbocycles. The molecule has 0 bridgehead atoms. The van der Waals surface area contributed by atoms with Gasteiger partial charge in [0.1, 0.15) is 0 Å². The zero-order valence-electron chi connectivity index (χ0n) is 11.4. The van der Waals surface area contributed by atoms with E-state index in [2.05, 4.69) is 5.32 Å². The molecule has 1 aromatic rings. The average molecular weight is 265 g/mol. The van der Waals surface area contributed by atoms with Gasteiger partial charge in [-0.05, 0) is 37.1 Å². The molecule has 0 aliphatic rings. The third-order valence-corrected chi connectivity index (χ3v) is 2.19. The molecule has 1 aromatic carbocycles. The van der Waals surface area contributed by atoms with E-state index in [0.29, 0.717) is 24.5 Å². The van der Waals surface area contributed by atoms with Gasteiger partial charge in [-0.3, -0.25) is 5.32 Å². The molecule has 1 rings (SSSR count). The van der Waals surface area contributed by atoms with Crippen LogP contribution in [0.1, 0.15) is 31.1 Å². The number of benzene rings is 1. The van der Waals surface area contributed by atoms with Crippen LogP contribution in [0.3, 0.4) is 0 Å². The van der Waals surface area contributed by atoms with Crippen molar-refractivity contribution >= 4 is 17.7 Å². The van der Waals surface area contributed by atoms with Gasteiger partial charge in [-0.25, -0.2) is 9.59 Å². The maximum absolute atomic E-state index is 11.4. The summed E-state index contributed by atoms with van der Waals surface area (Å²) in [7, 11) is 0. The molecule has 0 unspecified atom stereocenters. The molecule has 0 aromatic heterocycles. The van der Waals surface area contributed by atoms with Crippen molar-refractivity contribution in [1.82, 2.24) is 0 Å². The maximum atomic E-state index is 11.4. The molecule has 19 heavy (non-hydrogen) atoms. The molecule has 0 saturated heterocycles. The molecule has 0 heterocycles. The second-order valence-corrected chi connectivity index (χ2v) is 4.42. The standard InChI is InChI=1S/C14H19NO4/c1-4-18-13(16)11-5-7-12(8-6-11)15-14(17)19-9-10(2)3/h5-8,10H,4,9H2,1-3H3,(H,15,17). The number of carbonyl (C=O) groups excluding carboxylic acids is 2. The van der Waals surface area contributed by atoms with Gasteiger partial charge in [0, 0.05) is 5.69 Å². The number of amides is 1. The second-order valence-electron chi connectivity index (χ2n) is 4.42. The summed E-state index contributed by atoms with van der Waals surface area (Å²) in [4.78, 5) is 22.8. The largest absolute Gasteiger partial charge is 0.462 e. The summed E-state index contributed by atoms with van der Waals surface area (Å²) in [5, 5.41) is 2.58. The lowest BCUT2D eigenvalue weighted by Gasteiger charge is -2.09. The Bertz CT molecular complexity index is 426. The number of carbonyl (C=O) groups is 2. The van der Waals surface area contributed by atoms with E-state index in [0.717, 1.165) is 0 Å². The average Bonchev–Trinajstić information content (AvgIpc) is 2.37. The number of anilines is 1. The van der Waals surface area contributed by atoms with E-state index < -0.39 is 6.09 Å². The monoisotopic (exact) mass is 265 g/mol. The summed E-state index contributed by atoms with van der Waals surface area (Å²) in [5.74, 6) is -0.0895. The van der Waals surface area contributed by atoms with E-state index in [-0.39, 0.29) is 11.9 Å². The van der Waals surface area contributed by atoms with Crippen molar-refractivity contribution in [3.8, 4) is 0 Å². The molecule has 0 aliphatic heterocycles. The van der Waals surface area contributed by atoms with Gasteiger partial charge in [-0.1, -0.05) is 13.8 Å². The van der Waals surface area contributed by atoms with E-state index >= 15 is 0 Å². The minimum atomic E-state index is -0.502. The third kappa shape index (κ3) is 5.42. The smallest absolute Gasteiger partial charge is 0.411 e. The predicted molar refractivity (Wildman–Crippen MR) is 72.2 cm³/mol. The molecule has 1 amide bonds. The third-order valence-electron chi connectivity index (χ3n) is 2.19. The molecule has 5 heteroatoms. The number of ether oxygens (including phenoxy) is 2. The number of esters is 1. The molecule has 1 N–H and O–H groups in total. The van der Waals surface area contributed by atoms with Crippen LogP contribution in [0.15, 0.2) is 24.3 Å². The minimum absolute atomic E-state index is 0.289. The van der Waals surface area contributed by atoms with Crippen molar-refractivity contribution in [2.75, 3.05) is 18.5 Å². The van der Waals surface area contributed by atoms with Crippen LogP contribution in [0.2, 0.25) is 0 Å². The Balaban J connectivity index is 2.52. The van der Waals surface area contributed by atoms with E-state index in [1.807, 2.05) is 13.8 Å². The Hall–Kier alpha value is -2.04. The normalized spacial score (nSPS) is 10.1. The summed E-state index contributed by atoms with van der Waals surface area (Å²) in [6.07, 6.45) is -0.502. The first-order chi connectivity index (χ1) is 9.02. The first-order valence-corrected chi connectivity index (χ1v) is 6.24. The lowest BCUT2D eigenvalue weighted by molar-refractivity contribution is 0.0526. The molecule has 0 radical (unpaired) electrons. The lowest BCUT2D eigenvalue weighted by atomic mass is 10.2.